The molecule has 0 spiro atoms. The monoisotopic (exact) mass is 406 g/mol. The number of hydrogen-bond donors (Lipinski definition) is 0. The minimum atomic E-state index is -4.21. The van der Waals surface area contributed by atoms with Gasteiger partial charge in [-0.3, -0.25) is 0 Å². The highest BCUT2D eigenvalue weighted by Gasteiger charge is 2.24. The molecule has 0 saturated carbocycles. The Labute approximate surface area is 155 Å². The fourth-order valence-corrected chi connectivity index (χ4v) is 4.40. The van der Waals surface area contributed by atoms with Crippen molar-refractivity contribution in [3.8, 4) is 5.75 Å². The Hall–Kier alpha value is -1.27. The SMILES string of the molecule is CC(=O)CCc1ccc(OS(=O)(=O)c2c(Cl)cc(Cl)cc2Cl)cc1. The summed E-state index contributed by atoms with van der Waals surface area (Å²) in [5.41, 5.74) is 0.900. The zero-order chi connectivity index (χ0) is 17.9. The highest BCUT2D eigenvalue weighted by atomic mass is 35.5. The van der Waals surface area contributed by atoms with Gasteiger partial charge in [0.1, 0.15) is 16.4 Å². The third kappa shape index (κ3) is 4.86. The standard InChI is InChI=1S/C16H13Cl3O4S/c1-10(20)2-3-11-4-6-13(7-5-11)23-24(21,22)16-14(18)8-12(17)9-15(16)19/h4-9H,2-3H2,1H3. The van der Waals surface area contributed by atoms with E-state index in [1.54, 1.807) is 12.1 Å². The van der Waals surface area contributed by atoms with Crippen LogP contribution in [-0.4, -0.2) is 14.2 Å². The highest BCUT2D eigenvalue weighted by molar-refractivity contribution is 7.87. The lowest BCUT2D eigenvalue weighted by Crippen LogP contribution is -2.11. The zero-order valence-electron chi connectivity index (χ0n) is 12.6. The van der Waals surface area contributed by atoms with Crippen LogP contribution in [0.25, 0.3) is 0 Å². The first-order valence-electron chi connectivity index (χ1n) is 6.86. The van der Waals surface area contributed by atoms with Crippen molar-refractivity contribution >= 4 is 50.7 Å². The van der Waals surface area contributed by atoms with Gasteiger partial charge in [-0.2, -0.15) is 8.42 Å². The van der Waals surface area contributed by atoms with E-state index in [-0.39, 0.29) is 31.5 Å². The summed E-state index contributed by atoms with van der Waals surface area (Å²) < 4.78 is 29.8. The van der Waals surface area contributed by atoms with E-state index in [1.807, 2.05) is 0 Å². The number of rotatable bonds is 6. The first kappa shape index (κ1) is 19.1. The van der Waals surface area contributed by atoms with Crippen LogP contribution in [0.4, 0.5) is 0 Å². The third-order valence-electron chi connectivity index (χ3n) is 3.11. The van der Waals surface area contributed by atoms with Crippen molar-refractivity contribution in [1.29, 1.82) is 0 Å². The number of benzene rings is 2. The first-order chi connectivity index (χ1) is 11.2. The molecular weight excluding hydrogens is 395 g/mol. The summed E-state index contributed by atoms with van der Waals surface area (Å²) in [6.07, 6.45) is 1.01. The Bertz CT molecular complexity index is 838. The van der Waals surface area contributed by atoms with Gasteiger partial charge in [0.2, 0.25) is 0 Å². The summed E-state index contributed by atoms with van der Waals surface area (Å²) in [4.78, 5) is 10.6. The largest absolute Gasteiger partial charge is 0.379 e. The van der Waals surface area contributed by atoms with E-state index in [0.717, 1.165) is 5.56 Å². The number of halogens is 3. The number of carbonyl (C=O) groups is 1. The Morgan fingerprint density at radius 1 is 1.04 bits per heavy atom. The van der Waals surface area contributed by atoms with E-state index < -0.39 is 10.1 Å². The van der Waals surface area contributed by atoms with Crippen LogP contribution in [0.5, 0.6) is 5.75 Å². The fraction of sp³-hybridized carbons (Fsp3) is 0.188. The number of Topliss-reactive ketones (excluding diaryl/α,β-unsaturated/α-hetero) is 1. The van der Waals surface area contributed by atoms with Crippen molar-refractivity contribution < 1.29 is 17.4 Å². The predicted molar refractivity (Wildman–Crippen MR) is 94.7 cm³/mol. The normalized spacial score (nSPS) is 11.3. The lowest BCUT2D eigenvalue weighted by molar-refractivity contribution is -0.116. The Kier molecular flexibility index (Phi) is 6.15. The minimum absolute atomic E-state index is 0.0879. The number of hydrogen-bond acceptors (Lipinski definition) is 4. The highest BCUT2D eigenvalue weighted by Crippen LogP contribution is 2.34. The fourth-order valence-electron chi connectivity index (χ4n) is 1.97. The predicted octanol–water partition coefficient (Wildman–Crippen LogP) is 4.94. The minimum Gasteiger partial charge on any atom is -0.379 e. The molecule has 2 rings (SSSR count). The molecule has 2 aromatic rings. The van der Waals surface area contributed by atoms with Gasteiger partial charge in [-0.15, -0.1) is 0 Å². The summed E-state index contributed by atoms with van der Waals surface area (Å²) in [6, 6.07) is 8.94. The van der Waals surface area contributed by atoms with Gasteiger partial charge >= 0.3 is 10.1 Å². The van der Waals surface area contributed by atoms with Crippen LogP contribution < -0.4 is 4.18 Å². The average molecular weight is 408 g/mol. The zero-order valence-corrected chi connectivity index (χ0v) is 15.6. The average Bonchev–Trinajstić information content (AvgIpc) is 2.44. The van der Waals surface area contributed by atoms with Crippen LogP contribution in [0, 0.1) is 0 Å². The summed E-state index contributed by atoms with van der Waals surface area (Å²) in [6.45, 7) is 1.52. The number of carbonyl (C=O) groups excluding carboxylic acids is 1. The topological polar surface area (TPSA) is 60.4 Å². The molecule has 0 saturated heterocycles. The van der Waals surface area contributed by atoms with E-state index in [9.17, 15) is 13.2 Å². The smallest absolute Gasteiger partial charge is 0.342 e. The quantitative estimate of drug-likeness (QED) is 0.637. The van der Waals surface area contributed by atoms with Gasteiger partial charge < -0.3 is 8.98 Å². The van der Waals surface area contributed by atoms with E-state index in [2.05, 4.69) is 0 Å². The lowest BCUT2D eigenvalue weighted by atomic mass is 10.1. The van der Waals surface area contributed by atoms with E-state index in [0.29, 0.717) is 12.8 Å². The maximum absolute atomic E-state index is 12.4. The second kappa shape index (κ2) is 7.74. The molecule has 0 aliphatic carbocycles. The van der Waals surface area contributed by atoms with Gasteiger partial charge in [0.05, 0.1) is 10.0 Å². The van der Waals surface area contributed by atoms with Crippen LogP contribution in [0.15, 0.2) is 41.3 Å². The van der Waals surface area contributed by atoms with Crippen LogP contribution >= 0.6 is 34.8 Å². The van der Waals surface area contributed by atoms with Gasteiger partial charge in [-0.25, -0.2) is 0 Å². The molecule has 0 fully saturated rings. The van der Waals surface area contributed by atoms with Gasteiger partial charge in [-0.05, 0) is 43.2 Å². The van der Waals surface area contributed by atoms with Gasteiger partial charge in [0, 0.05) is 11.4 Å². The molecule has 0 unspecified atom stereocenters. The van der Waals surface area contributed by atoms with Crippen molar-refractivity contribution in [2.75, 3.05) is 0 Å². The van der Waals surface area contributed by atoms with Crippen molar-refractivity contribution in [3.05, 3.63) is 57.0 Å². The lowest BCUT2D eigenvalue weighted by Gasteiger charge is -2.11. The third-order valence-corrected chi connectivity index (χ3v) is 5.50. The molecule has 0 atom stereocenters. The van der Waals surface area contributed by atoms with Crippen molar-refractivity contribution in [2.45, 2.75) is 24.7 Å². The van der Waals surface area contributed by atoms with Gasteiger partial charge in [0.25, 0.3) is 0 Å². The Morgan fingerprint density at radius 2 is 1.58 bits per heavy atom. The molecule has 2 aromatic carbocycles. The molecule has 24 heavy (non-hydrogen) atoms. The van der Waals surface area contributed by atoms with E-state index in [4.69, 9.17) is 39.0 Å². The van der Waals surface area contributed by atoms with Gasteiger partial charge in [0.15, 0.2) is 0 Å². The second-order valence-electron chi connectivity index (χ2n) is 5.08. The Morgan fingerprint density at radius 3 is 2.08 bits per heavy atom. The summed E-state index contributed by atoms with van der Waals surface area (Å²) in [5, 5.41) is -0.0186. The van der Waals surface area contributed by atoms with Crippen LogP contribution in [-0.2, 0) is 21.3 Å². The first-order valence-corrected chi connectivity index (χ1v) is 9.40. The molecule has 8 heteroatoms. The van der Waals surface area contributed by atoms with Crippen molar-refractivity contribution in [2.24, 2.45) is 0 Å². The molecule has 0 amide bonds. The molecule has 0 aliphatic heterocycles. The van der Waals surface area contributed by atoms with Crippen LogP contribution in [0.1, 0.15) is 18.9 Å². The van der Waals surface area contributed by atoms with E-state index in [1.165, 1.54) is 31.2 Å². The maximum atomic E-state index is 12.4. The molecule has 0 N–H and O–H groups in total. The second-order valence-corrected chi connectivity index (χ2v) is 7.82. The van der Waals surface area contributed by atoms with Crippen molar-refractivity contribution in [3.63, 3.8) is 0 Å². The molecule has 0 bridgehead atoms. The molecule has 0 aliphatic rings. The molecule has 128 valence electrons. The summed E-state index contributed by atoms with van der Waals surface area (Å²) in [7, 11) is -4.21. The number of aryl methyl sites for hydroxylation is 1. The molecule has 0 heterocycles. The van der Waals surface area contributed by atoms with Gasteiger partial charge in [-0.1, -0.05) is 46.9 Å². The summed E-state index contributed by atoms with van der Waals surface area (Å²) in [5.74, 6) is 0.202. The van der Waals surface area contributed by atoms with Crippen molar-refractivity contribution in [1.82, 2.24) is 0 Å². The molecule has 0 radical (unpaired) electrons. The van der Waals surface area contributed by atoms with Crippen LogP contribution in [0.3, 0.4) is 0 Å². The van der Waals surface area contributed by atoms with E-state index >= 15 is 0 Å². The van der Waals surface area contributed by atoms with Crippen LogP contribution in [0.2, 0.25) is 15.1 Å². The Balaban J connectivity index is 2.22. The molecule has 0 aromatic heterocycles. The molecule has 4 nitrogen and oxygen atoms in total. The molecular formula is C16H13Cl3O4S. The maximum Gasteiger partial charge on any atom is 0.342 e. The summed E-state index contributed by atoms with van der Waals surface area (Å²) >= 11 is 17.6. The number of ketones is 1.